The quantitative estimate of drug-likeness (QED) is 0.191. The molecule has 4 aromatic carbocycles. The van der Waals surface area contributed by atoms with Crippen molar-refractivity contribution >= 4 is 27.5 Å². The van der Waals surface area contributed by atoms with Crippen molar-refractivity contribution in [1.82, 2.24) is 10.2 Å². The van der Waals surface area contributed by atoms with E-state index < -0.39 is 28.5 Å². The molecule has 236 valence electrons. The van der Waals surface area contributed by atoms with Gasteiger partial charge in [0.1, 0.15) is 12.6 Å². The lowest BCUT2D eigenvalue weighted by molar-refractivity contribution is -0.140. The Morgan fingerprint density at radius 2 is 1.40 bits per heavy atom. The molecule has 0 aromatic heterocycles. The second kappa shape index (κ2) is 15.0. The minimum Gasteiger partial charge on any atom is -0.354 e. The van der Waals surface area contributed by atoms with Gasteiger partial charge in [0.2, 0.25) is 11.8 Å². The van der Waals surface area contributed by atoms with Crippen LogP contribution in [0.1, 0.15) is 41.7 Å². The molecule has 0 bridgehead atoms. The van der Waals surface area contributed by atoms with Gasteiger partial charge < -0.3 is 10.2 Å². The molecule has 0 fully saturated rings. The Bertz CT molecular complexity index is 1710. The van der Waals surface area contributed by atoms with Gasteiger partial charge in [-0.15, -0.1) is 0 Å². The third-order valence-electron chi connectivity index (χ3n) is 7.80. The smallest absolute Gasteiger partial charge is 0.264 e. The first-order chi connectivity index (χ1) is 21.5. The van der Waals surface area contributed by atoms with E-state index in [-0.39, 0.29) is 29.7 Å². The van der Waals surface area contributed by atoms with Crippen LogP contribution >= 0.6 is 0 Å². The van der Waals surface area contributed by atoms with Gasteiger partial charge in [-0.05, 0) is 72.7 Å². The highest BCUT2D eigenvalue weighted by Crippen LogP contribution is 2.29. The number of carbonyl (C=O) groups is 2. The van der Waals surface area contributed by atoms with E-state index in [9.17, 15) is 18.0 Å². The molecule has 45 heavy (non-hydrogen) atoms. The monoisotopic (exact) mass is 625 g/mol. The van der Waals surface area contributed by atoms with E-state index in [1.807, 2.05) is 101 Å². The molecule has 0 saturated carbocycles. The summed E-state index contributed by atoms with van der Waals surface area (Å²) < 4.78 is 29.6. The second-order valence-corrected chi connectivity index (χ2v) is 13.8. The minimum atomic E-state index is -4.14. The standard InChI is InChI=1S/C37H43N3O4S/c1-27(2)24-38-37(42)35(23-31-15-8-6-9-16-31)39(25-32-17-13-12-14-29(32)4)36(41)26-40(34-22-28(3)20-21-30(34)5)45(43,44)33-18-10-7-11-19-33/h6-22,27,35H,23-26H2,1-5H3,(H,38,42)/t35-/m1/s1. The van der Waals surface area contributed by atoms with Crippen LogP contribution in [0.3, 0.4) is 0 Å². The Labute approximate surface area is 268 Å². The highest BCUT2D eigenvalue weighted by Gasteiger charge is 2.35. The number of rotatable bonds is 13. The van der Waals surface area contributed by atoms with E-state index >= 15 is 0 Å². The number of sulfonamides is 1. The van der Waals surface area contributed by atoms with Crippen LogP contribution < -0.4 is 9.62 Å². The van der Waals surface area contributed by atoms with Crippen molar-refractivity contribution in [3.8, 4) is 0 Å². The van der Waals surface area contributed by atoms with Gasteiger partial charge in [0.15, 0.2) is 0 Å². The number of nitrogens with zero attached hydrogens (tertiary/aromatic N) is 2. The van der Waals surface area contributed by atoms with Gasteiger partial charge >= 0.3 is 0 Å². The molecule has 4 rings (SSSR count). The number of anilines is 1. The molecule has 8 heteroatoms. The lowest BCUT2D eigenvalue weighted by Crippen LogP contribution is -2.54. The third-order valence-corrected chi connectivity index (χ3v) is 9.57. The summed E-state index contributed by atoms with van der Waals surface area (Å²) in [6.45, 7) is 9.82. The molecule has 4 aromatic rings. The van der Waals surface area contributed by atoms with Crippen LogP contribution in [-0.2, 0) is 32.6 Å². The molecule has 0 spiro atoms. The predicted molar refractivity (Wildman–Crippen MR) is 180 cm³/mol. The van der Waals surface area contributed by atoms with Crippen LogP contribution in [0.25, 0.3) is 0 Å². The van der Waals surface area contributed by atoms with Gasteiger partial charge in [0.05, 0.1) is 10.6 Å². The zero-order chi connectivity index (χ0) is 32.6. The van der Waals surface area contributed by atoms with Gasteiger partial charge in [-0.3, -0.25) is 13.9 Å². The van der Waals surface area contributed by atoms with Crippen molar-refractivity contribution in [2.24, 2.45) is 5.92 Å². The molecule has 0 aliphatic carbocycles. The molecule has 0 saturated heterocycles. The first-order valence-corrected chi connectivity index (χ1v) is 16.7. The minimum absolute atomic E-state index is 0.0830. The van der Waals surface area contributed by atoms with Crippen molar-refractivity contribution in [3.63, 3.8) is 0 Å². The molecule has 0 aliphatic heterocycles. The van der Waals surface area contributed by atoms with Crippen molar-refractivity contribution in [2.75, 3.05) is 17.4 Å². The summed E-state index contributed by atoms with van der Waals surface area (Å²) in [6.07, 6.45) is 0.275. The van der Waals surface area contributed by atoms with E-state index in [1.54, 1.807) is 29.2 Å². The fraction of sp³-hybridized carbons (Fsp3) is 0.297. The average Bonchev–Trinajstić information content (AvgIpc) is 3.03. The topological polar surface area (TPSA) is 86.8 Å². The number of benzene rings is 4. The van der Waals surface area contributed by atoms with Crippen LogP contribution in [0.15, 0.2) is 108 Å². The van der Waals surface area contributed by atoms with E-state index in [2.05, 4.69) is 5.32 Å². The highest BCUT2D eigenvalue weighted by atomic mass is 32.2. The van der Waals surface area contributed by atoms with Crippen molar-refractivity contribution in [2.45, 2.75) is 58.5 Å². The molecule has 0 aliphatic rings. The molecule has 1 N–H and O–H groups in total. The zero-order valence-corrected chi connectivity index (χ0v) is 27.6. The SMILES string of the molecule is Cc1ccc(C)c(N(CC(=O)N(Cc2ccccc2C)[C@H](Cc2ccccc2)C(=O)NCC(C)C)S(=O)(=O)c2ccccc2)c1. The van der Waals surface area contributed by atoms with Gasteiger partial charge in [0, 0.05) is 19.5 Å². The molecular weight excluding hydrogens is 582 g/mol. The Kier molecular flexibility index (Phi) is 11.2. The Morgan fingerprint density at radius 1 is 0.778 bits per heavy atom. The number of nitrogens with one attached hydrogen (secondary N) is 1. The number of hydrogen-bond donors (Lipinski definition) is 1. The van der Waals surface area contributed by atoms with E-state index in [0.717, 1.165) is 22.3 Å². The number of hydrogen-bond acceptors (Lipinski definition) is 4. The molecule has 1 atom stereocenters. The summed E-state index contributed by atoms with van der Waals surface area (Å²) in [5.41, 5.74) is 4.75. The fourth-order valence-corrected chi connectivity index (χ4v) is 6.66. The Hall–Kier alpha value is -4.43. The summed E-state index contributed by atoms with van der Waals surface area (Å²) in [4.78, 5) is 30.2. The van der Waals surface area contributed by atoms with E-state index in [4.69, 9.17) is 0 Å². The lowest BCUT2D eigenvalue weighted by atomic mass is 10.0. The molecule has 0 radical (unpaired) electrons. The van der Waals surface area contributed by atoms with Gasteiger partial charge in [-0.1, -0.05) is 98.8 Å². The van der Waals surface area contributed by atoms with Gasteiger partial charge in [-0.25, -0.2) is 8.42 Å². The van der Waals surface area contributed by atoms with Crippen LogP contribution in [-0.4, -0.2) is 44.3 Å². The lowest BCUT2D eigenvalue weighted by Gasteiger charge is -2.34. The highest BCUT2D eigenvalue weighted by molar-refractivity contribution is 7.92. The van der Waals surface area contributed by atoms with Gasteiger partial charge in [0.25, 0.3) is 10.0 Å². The second-order valence-electron chi connectivity index (χ2n) is 11.9. The maximum absolute atomic E-state index is 14.6. The number of amides is 2. The number of carbonyl (C=O) groups excluding carboxylic acids is 2. The predicted octanol–water partition coefficient (Wildman–Crippen LogP) is 6.22. The van der Waals surface area contributed by atoms with Crippen molar-refractivity contribution in [3.05, 3.63) is 131 Å². The molecule has 0 heterocycles. The van der Waals surface area contributed by atoms with Crippen LogP contribution in [0.4, 0.5) is 5.69 Å². The normalized spacial score (nSPS) is 12.0. The number of aryl methyl sites for hydroxylation is 3. The van der Waals surface area contributed by atoms with Crippen molar-refractivity contribution < 1.29 is 18.0 Å². The summed E-state index contributed by atoms with van der Waals surface area (Å²) in [5, 5.41) is 3.03. The Morgan fingerprint density at radius 3 is 2.04 bits per heavy atom. The Balaban J connectivity index is 1.83. The maximum Gasteiger partial charge on any atom is 0.264 e. The van der Waals surface area contributed by atoms with Crippen LogP contribution in [0.2, 0.25) is 0 Å². The van der Waals surface area contributed by atoms with Gasteiger partial charge in [-0.2, -0.15) is 0 Å². The van der Waals surface area contributed by atoms with E-state index in [1.165, 1.54) is 16.4 Å². The summed E-state index contributed by atoms with van der Waals surface area (Å²) >= 11 is 0. The third kappa shape index (κ3) is 8.60. The average molecular weight is 626 g/mol. The summed E-state index contributed by atoms with van der Waals surface area (Å²) in [5.74, 6) is -0.541. The van der Waals surface area contributed by atoms with E-state index in [0.29, 0.717) is 17.8 Å². The first kappa shape index (κ1) is 33.5. The molecule has 0 unspecified atom stereocenters. The van der Waals surface area contributed by atoms with Crippen molar-refractivity contribution in [1.29, 1.82) is 0 Å². The largest absolute Gasteiger partial charge is 0.354 e. The summed E-state index contributed by atoms with van der Waals surface area (Å²) in [7, 11) is -4.14. The molecule has 7 nitrogen and oxygen atoms in total. The first-order valence-electron chi connectivity index (χ1n) is 15.3. The van der Waals surface area contributed by atoms with Crippen LogP contribution in [0.5, 0.6) is 0 Å². The molecule has 2 amide bonds. The molecular formula is C37H43N3O4S. The fourth-order valence-electron chi connectivity index (χ4n) is 5.17. The summed E-state index contributed by atoms with van der Waals surface area (Å²) in [6, 6.07) is 30.1. The van der Waals surface area contributed by atoms with Crippen LogP contribution in [0, 0.1) is 26.7 Å². The zero-order valence-electron chi connectivity index (χ0n) is 26.7. The maximum atomic E-state index is 14.6.